The molecule has 0 saturated carbocycles. The fraction of sp³-hybridized carbons (Fsp3) is 0.333. The van der Waals surface area contributed by atoms with E-state index in [1.54, 1.807) is 0 Å². The molecule has 1 aliphatic carbocycles. The normalized spacial score (nSPS) is 14.7. The summed E-state index contributed by atoms with van der Waals surface area (Å²) in [6, 6.07) is 25.1. The maximum absolute atomic E-state index is 2.54. The number of anilines is 2. The van der Waals surface area contributed by atoms with E-state index in [0.29, 0.717) is 0 Å². The molecule has 0 unspecified atom stereocenters. The third-order valence-electron chi connectivity index (χ3n) is 6.59. The number of nitrogens with zero attached hydrogens (tertiary/aromatic N) is 2. The van der Waals surface area contributed by atoms with Gasteiger partial charge in [-0.2, -0.15) is 0 Å². The van der Waals surface area contributed by atoms with Crippen LogP contribution >= 0.6 is 0 Å². The van der Waals surface area contributed by atoms with E-state index in [1.807, 2.05) is 0 Å². The van der Waals surface area contributed by atoms with Crippen LogP contribution in [0.5, 0.6) is 0 Å². The minimum absolute atomic E-state index is 1.03. The second-order valence-electron chi connectivity index (χ2n) is 8.37. The molecule has 1 aliphatic heterocycles. The third kappa shape index (κ3) is 3.64. The van der Waals surface area contributed by atoms with E-state index in [2.05, 4.69) is 83.5 Å². The number of benzene rings is 3. The van der Waals surface area contributed by atoms with Gasteiger partial charge in [-0.15, -0.1) is 0 Å². The van der Waals surface area contributed by atoms with Crippen molar-refractivity contribution < 1.29 is 0 Å². The Hall–Kier alpha value is -2.74. The van der Waals surface area contributed by atoms with Gasteiger partial charge in [-0.05, 0) is 84.7 Å². The second-order valence-corrected chi connectivity index (χ2v) is 8.37. The fourth-order valence-corrected chi connectivity index (χ4v) is 4.89. The molecule has 2 heteroatoms. The predicted octanol–water partition coefficient (Wildman–Crippen LogP) is 5.93. The van der Waals surface area contributed by atoms with Crippen LogP contribution in [0.4, 0.5) is 11.4 Å². The SMILES string of the molecule is CCN(CCc1ccccc1)c1ccc2c(c1)-c1cc(N3CCCC3)ccc1C2. The van der Waals surface area contributed by atoms with Crippen molar-refractivity contribution in [2.75, 3.05) is 36.0 Å². The van der Waals surface area contributed by atoms with Crippen molar-refractivity contribution in [3.05, 3.63) is 83.4 Å². The van der Waals surface area contributed by atoms with Gasteiger partial charge in [0, 0.05) is 37.6 Å². The third-order valence-corrected chi connectivity index (χ3v) is 6.59. The highest BCUT2D eigenvalue weighted by atomic mass is 15.1. The lowest BCUT2D eigenvalue weighted by Gasteiger charge is -2.24. The van der Waals surface area contributed by atoms with Crippen molar-refractivity contribution in [2.45, 2.75) is 32.6 Å². The van der Waals surface area contributed by atoms with E-state index < -0.39 is 0 Å². The average molecular weight is 383 g/mol. The van der Waals surface area contributed by atoms with Gasteiger partial charge < -0.3 is 9.80 Å². The van der Waals surface area contributed by atoms with Crippen molar-refractivity contribution >= 4 is 11.4 Å². The maximum atomic E-state index is 2.54. The average Bonchev–Trinajstić information content (AvgIpc) is 3.42. The van der Waals surface area contributed by atoms with Crippen LogP contribution in [-0.4, -0.2) is 26.2 Å². The fourth-order valence-electron chi connectivity index (χ4n) is 4.89. The molecule has 0 spiro atoms. The number of hydrogen-bond acceptors (Lipinski definition) is 2. The van der Waals surface area contributed by atoms with E-state index in [0.717, 1.165) is 25.9 Å². The molecule has 3 aromatic carbocycles. The molecule has 1 heterocycles. The Morgan fingerprint density at radius 1 is 0.828 bits per heavy atom. The van der Waals surface area contributed by atoms with Crippen LogP contribution in [-0.2, 0) is 12.8 Å². The van der Waals surface area contributed by atoms with Gasteiger partial charge in [0.2, 0.25) is 0 Å². The number of fused-ring (bicyclic) bond motifs is 3. The standard InChI is InChI=1S/C27H30N2/c1-2-28(17-14-21-8-4-3-5-9-21)24-12-10-22-18-23-11-13-25(29-15-6-7-16-29)20-27(23)26(22)19-24/h3-5,8-13,19-20H,2,6-7,14-18H2,1H3. The Bertz CT molecular complexity index is 987. The number of hydrogen-bond donors (Lipinski definition) is 0. The van der Waals surface area contributed by atoms with Gasteiger partial charge in [-0.3, -0.25) is 0 Å². The van der Waals surface area contributed by atoms with Crippen molar-refractivity contribution in [1.29, 1.82) is 0 Å². The zero-order chi connectivity index (χ0) is 19.6. The van der Waals surface area contributed by atoms with Gasteiger partial charge in [0.05, 0.1) is 0 Å². The summed E-state index contributed by atoms with van der Waals surface area (Å²) in [6.07, 6.45) is 4.80. The zero-order valence-corrected chi connectivity index (χ0v) is 17.4. The molecular formula is C27H30N2. The first-order chi connectivity index (χ1) is 14.3. The number of likely N-dealkylation sites (N-methyl/N-ethyl adjacent to an activating group) is 1. The summed E-state index contributed by atoms with van der Waals surface area (Å²) in [5.74, 6) is 0. The topological polar surface area (TPSA) is 6.48 Å². The lowest BCUT2D eigenvalue weighted by Crippen LogP contribution is -2.25. The van der Waals surface area contributed by atoms with Gasteiger partial charge in [0.1, 0.15) is 0 Å². The van der Waals surface area contributed by atoms with Crippen molar-refractivity contribution in [2.24, 2.45) is 0 Å². The Balaban J connectivity index is 1.41. The Kier molecular flexibility index (Phi) is 5.01. The molecule has 2 aliphatic rings. The van der Waals surface area contributed by atoms with Crippen molar-refractivity contribution in [1.82, 2.24) is 0 Å². The largest absolute Gasteiger partial charge is 0.372 e. The molecule has 0 bridgehead atoms. The summed E-state index contributed by atoms with van der Waals surface area (Å²) in [7, 11) is 0. The molecular weight excluding hydrogens is 352 g/mol. The van der Waals surface area contributed by atoms with Gasteiger partial charge >= 0.3 is 0 Å². The van der Waals surface area contributed by atoms with E-state index in [1.165, 1.54) is 65.1 Å². The van der Waals surface area contributed by atoms with Gasteiger partial charge in [0.15, 0.2) is 0 Å². The summed E-state index contributed by atoms with van der Waals surface area (Å²) >= 11 is 0. The van der Waals surface area contributed by atoms with E-state index in [-0.39, 0.29) is 0 Å². The highest BCUT2D eigenvalue weighted by Gasteiger charge is 2.22. The van der Waals surface area contributed by atoms with Crippen LogP contribution in [0.3, 0.4) is 0 Å². The highest BCUT2D eigenvalue weighted by molar-refractivity contribution is 5.82. The molecule has 5 rings (SSSR count). The van der Waals surface area contributed by atoms with Crippen LogP contribution in [0.1, 0.15) is 36.5 Å². The summed E-state index contributed by atoms with van der Waals surface area (Å²) < 4.78 is 0. The summed E-state index contributed by atoms with van der Waals surface area (Å²) in [5, 5.41) is 0. The zero-order valence-electron chi connectivity index (χ0n) is 17.4. The molecule has 1 fully saturated rings. The summed E-state index contributed by atoms with van der Waals surface area (Å²) in [6.45, 7) is 6.76. The maximum Gasteiger partial charge on any atom is 0.0372 e. The summed E-state index contributed by atoms with van der Waals surface area (Å²) in [5.41, 5.74) is 10.0. The molecule has 0 aromatic heterocycles. The molecule has 0 radical (unpaired) electrons. The Labute approximate surface area is 174 Å². The summed E-state index contributed by atoms with van der Waals surface area (Å²) in [4.78, 5) is 5.05. The first kappa shape index (κ1) is 18.3. The van der Waals surface area contributed by atoms with Gasteiger partial charge in [0.25, 0.3) is 0 Å². The van der Waals surface area contributed by atoms with Crippen LogP contribution in [0.15, 0.2) is 66.7 Å². The smallest absolute Gasteiger partial charge is 0.0372 e. The Morgan fingerprint density at radius 3 is 2.31 bits per heavy atom. The highest BCUT2D eigenvalue weighted by Crippen LogP contribution is 2.41. The van der Waals surface area contributed by atoms with Crippen LogP contribution in [0.2, 0.25) is 0 Å². The first-order valence-corrected chi connectivity index (χ1v) is 11.1. The molecule has 29 heavy (non-hydrogen) atoms. The Morgan fingerprint density at radius 2 is 1.55 bits per heavy atom. The number of rotatable bonds is 6. The molecule has 2 nitrogen and oxygen atoms in total. The lowest BCUT2D eigenvalue weighted by atomic mass is 10.0. The molecule has 0 amide bonds. The minimum Gasteiger partial charge on any atom is -0.372 e. The monoisotopic (exact) mass is 382 g/mol. The molecule has 0 atom stereocenters. The van der Waals surface area contributed by atoms with Crippen molar-refractivity contribution in [3.63, 3.8) is 0 Å². The predicted molar refractivity (Wildman–Crippen MR) is 124 cm³/mol. The lowest BCUT2D eigenvalue weighted by molar-refractivity contribution is 0.809. The molecule has 148 valence electrons. The van der Waals surface area contributed by atoms with Crippen LogP contribution in [0, 0.1) is 0 Å². The van der Waals surface area contributed by atoms with E-state index in [9.17, 15) is 0 Å². The molecule has 3 aromatic rings. The first-order valence-electron chi connectivity index (χ1n) is 11.1. The molecule has 0 N–H and O–H groups in total. The molecule has 1 saturated heterocycles. The van der Waals surface area contributed by atoms with Crippen LogP contribution in [0.25, 0.3) is 11.1 Å². The van der Waals surface area contributed by atoms with Gasteiger partial charge in [-0.25, -0.2) is 0 Å². The minimum atomic E-state index is 1.03. The van der Waals surface area contributed by atoms with Crippen LogP contribution < -0.4 is 9.80 Å². The van der Waals surface area contributed by atoms with E-state index >= 15 is 0 Å². The van der Waals surface area contributed by atoms with Crippen molar-refractivity contribution in [3.8, 4) is 11.1 Å². The quantitative estimate of drug-likeness (QED) is 0.408. The van der Waals surface area contributed by atoms with Gasteiger partial charge in [-0.1, -0.05) is 42.5 Å². The second kappa shape index (κ2) is 7.94. The van der Waals surface area contributed by atoms with E-state index in [4.69, 9.17) is 0 Å².